The van der Waals surface area contributed by atoms with Gasteiger partial charge >= 0.3 is 0 Å². The monoisotopic (exact) mass is 359 g/mol. The van der Waals surface area contributed by atoms with Gasteiger partial charge in [0.15, 0.2) is 0 Å². The molecular weight excluding hydrogens is 345 g/mol. The molecule has 0 radical (unpaired) electrons. The molecule has 0 aliphatic rings. The Balaban J connectivity index is 1.78. The van der Waals surface area contributed by atoms with Gasteiger partial charge in [0, 0.05) is 11.6 Å². The second-order valence-corrected chi connectivity index (χ2v) is 6.06. The van der Waals surface area contributed by atoms with Crippen LogP contribution in [0.4, 0.5) is 10.1 Å². The van der Waals surface area contributed by atoms with E-state index in [1.54, 1.807) is 24.3 Å². The van der Waals surface area contributed by atoms with Crippen molar-refractivity contribution in [3.05, 3.63) is 75.4 Å². The highest BCUT2D eigenvalue weighted by atomic mass is 35.5. The van der Waals surface area contributed by atoms with Crippen LogP contribution in [0.3, 0.4) is 0 Å². The number of nitrogens with two attached hydrogens (primary N) is 1. The van der Waals surface area contributed by atoms with E-state index in [1.165, 1.54) is 24.4 Å². The van der Waals surface area contributed by atoms with Crippen molar-refractivity contribution in [3.63, 3.8) is 0 Å². The number of benzene rings is 2. The molecule has 1 unspecified atom stereocenters. The average Bonchev–Trinajstić information content (AvgIpc) is 2.58. The number of nitrogens with one attached hydrogen (secondary N) is 2. The van der Waals surface area contributed by atoms with Crippen LogP contribution in [0, 0.1) is 5.82 Å². The fourth-order valence-electron chi connectivity index (χ4n) is 2.50. The van der Waals surface area contributed by atoms with Crippen LogP contribution in [0.5, 0.6) is 0 Å². The van der Waals surface area contributed by atoms with Crippen LogP contribution in [-0.4, -0.2) is 16.9 Å². The first-order valence-corrected chi connectivity index (χ1v) is 7.93. The highest BCUT2D eigenvalue weighted by Crippen LogP contribution is 2.26. The summed E-state index contributed by atoms with van der Waals surface area (Å²) in [6, 6.07) is 9.80. The van der Waals surface area contributed by atoms with Gasteiger partial charge in [-0.3, -0.25) is 9.59 Å². The minimum atomic E-state index is -0.823. The Bertz CT molecular complexity index is 986. The highest BCUT2D eigenvalue weighted by Gasteiger charge is 2.16. The maximum Gasteiger partial charge on any atom is 0.255 e. The second kappa shape index (κ2) is 7.04. The van der Waals surface area contributed by atoms with Gasteiger partial charge < -0.3 is 16.0 Å². The quantitative estimate of drug-likeness (QED) is 0.669. The number of aromatic nitrogens is 1. The lowest BCUT2D eigenvalue weighted by atomic mass is 10.1. The number of hydrogen-bond acceptors (Lipinski definition) is 3. The summed E-state index contributed by atoms with van der Waals surface area (Å²) < 4.78 is 12.9. The molecule has 0 aliphatic carbocycles. The lowest BCUT2D eigenvalue weighted by Gasteiger charge is -2.14. The Labute approximate surface area is 147 Å². The van der Waals surface area contributed by atoms with E-state index in [9.17, 15) is 14.0 Å². The maximum absolute atomic E-state index is 12.9. The number of fused-ring (bicyclic) bond motifs is 1. The lowest BCUT2D eigenvalue weighted by Crippen LogP contribution is -2.37. The lowest BCUT2D eigenvalue weighted by molar-refractivity contribution is -0.117. The van der Waals surface area contributed by atoms with E-state index >= 15 is 0 Å². The third-order valence-corrected chi connectivity index (χ3v) is 4.14. The molecule has 0 spiro atoms. The summed E-state index contributed by atoms with van der Waals surface area (Å²) >= 11 is 6.15. The van der Waals surface area contributed by atoms with Gasteiger partial charge in [0.05, 0.1) is 16.8 Å². The first-order valence-electron chi connectivity index (χ1n) is 7.56. The van der Waals surface area contributed by atoms with E-state index in [2.05, 4.69) is 10.3 Å². The zero-order valence-corrected chi connectivity index (χ0v) is 13.8. The molecule has 1 aromatic heterocycles. The van der Waals surface area contributed by atoms with E-state index < -0.39 is 11.9 Å². The van der Waals surface area contributed by atoms with Crippen LogP contribution >= 0.6 is 11.6 Å². The van der Waals surface area contributed by atoms with Crippen LogP contribution in [0.1, 0.15) is 5.56 Å². The predicted molar refractivity (Wildman–Crippen MR) is 96.3 cm³/mol. The predicted octanol–water partition coefficient (Wildman–Crippen LogP) is 2.83. The molecule has 0 saturated carbocycles. The fourth-order valence-corrected chi connectivity index (χ4v) is 2.71. The highest BCUT2D eigenvalue weighted by molar-refractivity contribution is 6.34. The standard InChI is InChI=1S/C18H15ClFN3O2/c19-14-9-13-11(5-6-22-17(13)24)8-16(14)23-18(25)15(21)7-10-1-3-12(20)4-2-10/h1-6,8-9,15H,7,21H2,(H,22,24)(H,23,25). The summed E-state index contributed by atoms with van der Waals surface area (Å²) in [5.41, 5.74) is 6.78. The number of hydrogen-bond donors (Lipinski definition) is 3. The van der Waals surface area contributed by atoms with Crippen LogP contribution in [0.25, 0.3) is 10.8 Å². The number of carbonyl (C=O) groups excluding carboxylic acids is 1. The zero-order valence-electron chi connectivity index (χ0n) is 13.1. The summed E-state index contributed by atoms with van der Waals surface area (Å²) in [6.07, 6.45) is 1.78. The van der Waals surface area contributed by atoms with Crippen LogP contribution < -0.4 is 16.6 Å². The molecule has 1 heterocycles. The van der Waals surface area contributed by atoms with Crippen LogP contribution in [0.15, 0.2) is 53.5 Å². The number of aromatic amines is 1. The summed E-state index contributed by atoms with van der Waals surface area (Å²) in [5, 5.41) is 3.99. The number of carbonyl (C=O) groups is 1. The van der Waals surface area contributed by atoms with Gasteiger partial charge in [0.2, 0.25) is 5.91 Å². The van der Waals surface area contributed by atoms with Crippen molar-refractivity contribution in [1.29, 1.82) is 0 Å². The molecule has 2 aromatic carbocycles. The molecule has 128 valence electrons. The van der Waals surface area contributed by atoms with Crippen LogP contribution in [0.2, 0.25) is 5.02 Å². The van der Waals surface area contributed by atoms with Gasteiger partial charge in [-0.05, 0) is 47.7 Å². The van der Waals surface area contributed by atoms with Crippen molar-refractivity contribution < 1.29 is 9.18 Å². The molecule has 0 saturated heterocycles. The van der Waals surface area contributed by atoms with E-state index in [0.717, 1.165) is 5.56 Å². The van der Waals surface area contributed by atoms with Crippen molar-refractivity contribution in [2.45, 2.75) is 12.5 Å². The largest absolute Gasteiger partial charge is 0.329 e. The SMILES string of the molecule is NC(Cc1ccc(F)cc1)C(=O)Nc1cc2cc[nH]c(=O)c2cc1Cl. The fraction of sp³-hybridized carbons (Fsp3) is 0.111. The van der Waals surface area contributed by atoms with E-state index in [-0.39, 0.29) is 22.8 Å². The summed E-state index contributed by atoms with van der Waals surface area (Å²) in [7, 11) is 0. The Hall–Kier alpha value is -2.70. The summed E-state index contributed by atoms with van der Waals surface area (Å²) in [6.45, 7) is 0. The van der Waals surface area contributed by atoms with Gasteiger partial charge in [0.1, 0.15) is 5.82 Å². The molecule has 1 atom stereocenters. The van der Waals surface area contributed by atoms with Crippen molar-refractivity contribution in [2.75, 3.05) is 5.32 Å². The maximum atomic E-state index is 12.9. The average molecular weight is 360 g/mol. The molecule has 7 heteroatoms. The minimum Gasteiger partial charge on any atom is -0.329 e. The molecule has 3 rings (SSSR count). The molecule has 5 nitrogen and oxygen atoms in total. The van der Waals surface area contributed by atoms with Gasteiger partial charge in [-0.15, -0.1) is 0 Å². The third kappa shape index (κ3) is 3.87. The smallest absolute Gasteiger partial charge is 0.255 e. The molecule has 3 aromatic rings. The Morgan fingerprint density at radius 1 is 1.24 bits per heavy atom. The number of amides is 1. The van der Waals surface area contributed by atoms with E-state index in [1.807, 2.05) is 0 Å². The zero-order chi connectivity index (χ0) is 18.0. The molecule has 4 N–H and O–H groups in total. The summed E-state index contributed by atoms with van der Waals surface area (Å²) in [4.78, 5) is 26.6. The minimum absolute atomic E-state index is 0.242. The Morgan fingerprint density at radius 2 is 1.96 bits per heavy atom. The van der Waals surface area contributed by atoms with Crippen LogP contribution in [-0.2, 0) is 11.2 Å². The number of halogens is 2. The molecule has 0 bridgehead atoms. The second-order valence-electron chi connectivity index (χ2n) is 5.65. The molecule has 0 aliphatic heterocycles. The molecule has 0 fully saturated rings. The van der Waals surface area contributed by atoms with Gasteiger partial charge in [-0.25, -0.2) is 4.39 Å². The van der Waals surface area contributed by atoms with Crippen molar-refractivity contribution in [3.8, 4) is 0 Å². The first-order chi connectivity index (χ1) is 11.9. The third-order valence-electron chi connectivity index (χ3n) is 3.82. The number of rotatable bonds is 4. The molecular formula is C18H15ClFN3O2. The van der Waals surface area contributed by atoms with Gasteiger partial charge in [0.25, 0.3) is 5.56 Å². The molecule has 25 heavy (non-hydrogen) atoms. The number of pyridine rings is 1. The number of H-pyrrole nitrogens is 1. The van der Waals surface area contributed by atoms with Crippen molar-refractivity contribution in [2.24, 2.45) is 5.73 Å². The Kier molecular flexibility index (Phi) is 4.83. The Morgan fingerprint density at radius 3 is 2.68 bits per heavy atom. The van der Waals surface area contributed by atoms with Crippen molar-refractivity contribution >= 4 is 34.0 Å². The molecule has 1 amide bonds. The van der Waals surface area contributed by atoms with E-state index in [4.69, 9.17) is 17.3 Å². The number of anilines is 1. The normalized spacial score (nSPS) is 12.1. The van der Waals surface area contributed by atoms with Gasteiger partial charge in [-0.1, -0.05) is 23.7 Å². The topological polar surface area (TPSA) is 88.0 Å². The van der Waals surface area contributed by atoms with Gasteiger partial charge in [-0.2, -0.15) is 0 Å². The van der Waals surface area contributed by atoms with Crippen molar-refractivity contribution in [1.82, 2.24) is 4.98 Å². The first kappa shape index (κ1) is 17.1. The summed E-state index contributed by atoms with van der Waals surface area (Å²) in [5.74, 6) is -0.768. The van der Waals surface area contributed by atoms with E-state index in [0.29, 0.717) is 16.5 Å².